The van der Waals surface area contributed by atoms with E-state index in [1.54, 1.807) is 0 Å². The Balaban J connectivity index is 2.72. The quantitative estimate of drug-likeness (QED) is 0.426. The molecule has 0 fully saturated rings. The highest BCUT2D eigenvalue weighted by Crippen LogP contribution is 1.96. The molecule has 9 heavy (non-hydrogen) atoms. The minimum Gasteiger partial charge on any atom is -0.269 e. The molecule has 0 unspecified atom stereocenters. The first-order valence-electron chi connectivity index (χ1n) is 3.47. The van der Waals surface area contributed by atoms with Gasteiger partial charge in [-0.25, -0.2) is 0 Å². The summed E-state index contributed by atoms with van der Waals surface area (Å²) in [5.74, 6) is 1.39. The van der Waals surface area contributed by atoms with Crippen LogP contribution in [0.25, 0.3) is 0 Å². The summed E-state index contributed by atoms with van der Waals surface area (Å²) in [4.78, 5) is 2.30. The average molecular weight is 127 g/mol. The Morgan fingerprint density at radius 2 is 2.22 bits per heavy atom. The molecule has 0 radical (unpaired) electrons. The van der Waals surface area contributed by atoms with Gasteiger partial charge in [-0.05, 0) is 0 Å². The van der Waals surface area contributed by atoms with Gasteiger partial charge in [0.15, 0.2) is 0 Å². The maximum atomic E-state index is 2.30. The van der Waals surface area contributed by atoms with E-state index in [-0.39, 0.29) is 0 Å². The summed E-state index contributed by atoms with van der Waals surface area (Å²) in [5.41, 5.74) is 0. The van der Waals surface area contributed by atoms with Gasteiger partial charge in [-0.3, -0.25) is 9.48 Å². The predicted octanol–water partition coefficient (Wildman–Crippen LogP) is 0.383. The molecule has 0 bridgehead atoms. The molecule has 0 saturated heterocycles. The van der Waals surface area contributed by atoms with E-state index in [1.165, 1.54) is 25.3 Å². The molecule has 0 N–H and O–H groups in total. The highest BCUT2D eigenvalue weighted by atomic mass is 15.2. The monoisotopic (exact) mass is 127 g/mol. The van der Waals surface area contributed by atoms with Crippen LogP contribution < -0.4 is 0 Å². The van der Waals surface area contributed by atoms with E-state index in [0.717, 1.165) is 0 Å². The molecule has 2 nitrogen and oxygen atoms in total. The fraction of sp³-hybridized carbons (Fsp3) is 0.857. The van der Waals surface area contributed by atoms with Crippen molar-refractivity contribution in [3.05, 3.63) is 0 Å². The summed E-state index contributed by atoms with van der Waals surface area (Å²) in [6, 6.07) is 0. The largest absolute Gasteiger partial charge is 0.269 e. The van der Waals surface area contributed by atoms with Crippen LogP contribution in [-0.2, 0) is 0 Å². The molecule has 2 heteroatoms. The van der Waals surface area contributed by atoms with E-state index >= 15 is 0 Å². The fourth-order valence-electron chi connectivity index (χ4n) is 1.16. The van der Waals surface area contributed by atoms with Gasteiger partial charge in [0.25, 0.3) is 0 Å². The lowest BCUT2D eigenvalue weighted by atomic mass is 10.3. The van der Waals surface area contributed by atoms with Gasteiger partial charge in [0.1, 0.15) is 0 Å². The van der Waals surface area contributed by atoms with Crippen molar-refractivity contribution in [2.75, 3.05) is 27.2 Å². The normalized spacial score (nSPS) is 21.0. The maximum Gasteiger partial charge on any atom is 0.243 e. The standard InChI is InChI=1S/C7H15N2/c1-7-8(2)5-4-6-9(7)3/h4-6H2,1-3H3/q+1. The van der Waals surface area contributed by atoms with Crippen LogP contribution in [0.1, 0.15) is 13.3 Å². The van der Waals surface area contributed by atoms with Crippen LogP contribution in [-0.4, -0.2) is 42.5 Å². The number of rotatable bonds is 0. The molecule has 52 valence electrons. The SMILES string of the molecule is CC1=[N+](C)CCCN1C. The number of hydrogen-bond donors (Lipinski definition) is 0. The molecule has 1 aliphatic heterocycles. The van der Waals surface area contributed by atoms with E-state index in [9.17, 15) is 0 Å². The molecule has 0 aromatic heterocycles. The summed E-state index contributed by atoms with van der Waals surface area (Å²) in [7, 11) is 4.29. The first kappa shape index (κ1) is 6.59. The summed E-state index contributed by atoms with van der Waals surface area (Å²) in [6.07, 6.45) is 1.30. The van der Waals surface area contributed by atoms with Crippen LogP contribution in [0.15, 0.2) is 0 Å². The van der Waals surface area contributed by atoms with Crippen molar-refractivity contribution in [2.45, 2.75) is 13.3 Å². The Morgan fingerprint density at radius 1 is 1.56 bits per heavy atom. The highest BCUT2D eigenvalue weighted by molar-refractivity contribution is 5.74. The Labute approximate surface area is 56.8 Å². The lowest BCUT2D eigenvalue weighted by molar-refractivity contribution is -0.508. The third kappa shape index (κ3) is 1.23. The zero-order valence-corrected chi connectivity index (χ0v) is 6.52. The first-order valence-corrected chi connectivity index (χ1v) is 3.47. The van der Waals surface area contributed by atoms with Crippen molar-refractivity contribution in [3.8, 4) is 0 Å². The maximum absolute atomic E-state index is 2.30. The molecule has 0 aromatic carbocycles. The first-order chi connectivity index (χ1) is 4.22. The minimum absolute atomic E-state index is 1.22. The van der Waals surface area contributed by atoms with Gasteiger partial charge >= 0.3 is 0 Å². The van der Waals surface area contributed by atoms with Crippen LogP contribution in [0.2, 0.25) is 0 Å². The Kier molecular flexibility index (Phi) is 1.74. The van der Waals surface area contributed by atoms with Gasteiger partial charge in [0.2, 0.25) is 5.84 Å². The van der Waals surface area contributed by atoms with Crippen molar-refractivity contribution < 1.29 is 4.58 Å². The van der Waals surface area contributed by atoms with Crippen molar-refractivity contribution in [1.82, 2.24) is 4.90 Å². The molecule has 0 aromatic rings. The van der Waals surface area contributed by atoms with Gasteiger partial charge in [-0.15, -0.1) is 0 Å². The van der Waals surface area contributed by atoms with Gasteiger partial charge in [0.05, 0.1) is 27.2 Å². The van der Waals surface area contributed by atoms with Crippen LogP contribution in [0.3, 0.4) is 0 Å². The zero-order valence-electron chi connectivity index (χ0n) is 6.52. The van der Waals surface area contributed by atoms with Crippen molar-refractivity contribution in [2.24, 2.45) is 0 Å². The van der Waals surface area contributed by atoms with Gasteiger partial charge in [0, 0.05) is 13.3 Å². The van der Waals surface area contributed by atoms with E-state index in [1.807, 2.05) is 0 Å². The lowest BCUT2D eigenvalue weighted by Crippen LogP contribution is -2.38. The lowest BCUT2D eigenvalue weighted by Gasteiger charge is -2.19. The van der Waals surface area contributed by atoms with Crippen LogP contribution in [0.4, 0.5) is 0 Å². The molecule has 0 aliphatic carbocycles. The van der Waals surface area contributed by atoms with Crippen molar-refractivity contribution in [3.63, 3.8) is 0 Å². The third-order valence-corrected chi connectivity index (χ3v) is 2.09. The van der Waals surface area contributed by atoms with Crippen molar-refractivity contribution in [1.29, 1.82) is 0 Å². The second-order valence-corrected chi connectivity index (χ2v) is 2.74. The number of hydrogen-bond acceptors (Lipinski definition) is 1. The molecule has 0 amide bonds. The summed E-state index contributed by atoms with van der Waals surface area (Å²) in [5, 5.41) is 0. The molecule has 1 aliphatic rings. The van der Waals surface area contributed by atoms with E-state index in [4.69, 9.17) is 0 Å². The highest BCUT2D eigenvalue weighted by Gasteiger charge is 2.15. The molecular weight excluding hydrogens is 112 g/mol. The minimum atomic E-state index is 1.22. The average Bonchev–Trinajstić information content (AvgIpc) is 1.83. The topological polar surface area (TPSA) is 6.25 Å². The molecular formula is C7H15N2+. The second kappa shape index (κ2) is 2.38. The van der Waals surface area contributed by atoms with Crippen molar-refractivity contribution >= 4 is 5.84 Å². The number of nitrogens with zero attached hydrogens (tertiary/aromatic N) is 2. The van der Waals surface area contributed by atoms with Crippen LogP contribution >= 0.6 is 0 Å². The summed E-state index contributed by atoms with van der Waals surface area (Å²) >= 11 is 0. The van der Waals surface area contributed by atoms with Crippen LogP contribution in [0.5, 0.6) is 0 Å². The van der Waals surface area contributed by atoms with E-state index < -0.39 is 0 Å². The summed E-state index contributed by atoms with van der Waals surface area (Å²) < 4.78 is 2.30. The van der Waals surface area contributed by atoms with Gasteiger partial charge in [-0.2, -0.15) is 0 Å². The van der Waals surface area contributed by atoms with Gasteiger partial charge in [-0.1, -0.05) is 0 Å². The molecule has 1 rings (SSSR count). The molecule has 0 saturated carbocycles. The zero-order chi connectivity index (χ0) is 6.85. The second-order valence-electron chi connectivity index (χ2n) is 2.74. The Bertz CT molecular complexity index is 138. The molecule has 1 heterocycles. The Morgan fingerprint density at radius 3 is 2.67 bits per heavy atom. The predicted molar refractivity (Wildman–Crippen MR) is 39.0 cm³/mol. The number of amidine groups is 1. The fourth-order valence-corrected chi connectivity index (χ4v) is 1.16. The molecule has 0 spiro atoms. The Hall–Kier alpha value is -0.530. The smallest absolute Gasteiger partial charge is 0.243 e. The third-order valence-electron chi connectivity index (χ3n) is 2.09. The summed E-state index contributed by atoms with van der Waals surface area (Å²) in [6.45, 7) is 4.60. The van der Waals surface area contributed by atoms with Gasteiger partial charge < -0.3 is 0 Å². The molecule has 0 atom stereocenters. The van der Waals surface area contributed by atoms with Crippen LogP contribution in [0, 0.1) is 0 Å². The van der Waals surface area contributed by atoms with E-state index in [2.05, 4.69) is 30.5 Å². The van der Waals surface area contributed by atoms with E-state index in [0.29, 0.717) is 0 Å².